The van der Waals surface area contributed by atoms with Crippen LogP contribution in [0.5, 0.6) is 0 Å². The number of hydrogen-bond donors (Lipinski definition) is 1. The smallest absolute Gasteiger partial charge is 0.378 e. The molecule has 7 heteroatoms. The summed E-state index contributed by atoms with van der Waals surface area (Å²) in [5, 5.41) is -0.283. The van der Waals surface area contributed by atoms with Crippen LogP contribution in [0.15, 0.2) is 0 Å². The van der Waals surface area contributed by atoms with Crippen molar-refractivity contribution in [3.05, 3.63) is 0 Å². The maximum atomic E-state index is 10.4. The fraction of sp³-hybridized carbons (Fsp3) is 0.500. The van der Waals surface area contributed by atoms with Crippen molar-refractivity contribution in [1.82, 2.24) is 0 Å². The second kappa shape index (κ2) is 7.33. The van der Waals surface area contributed by atoms with Gasteiger partial charge in [-0.2, -0.15) is 0 Å². The molecule has 0 fully saturated rings. The van der Waals surface area contributed by atoms with Gasteiger partial charge in [-0.05, 0) is 29.5 Å². The molecule has 9 heavy (non-hydrogen) atoms. The van der Waals surface area contributed by atoms with Crippen molar-refractivity contribution in [2.45, 2.75) is 0 Å². The van der Waals surface area contributed by atoms with Crippen LogP contribution in [0.1, 0.15) is 0 Å². The van der Waals surface area contributed by atoms with Crippen molar-refractivity contribution in [2.75, 3.05) is 7.11 Å². The van der Waals surface area contributed by atoms with Gasteiger partial charge < -0.3 is 4.74 Å². The van der Waals surface area contributed by atoms with E-state index >= 15 is 0 Å². The number of carbonyl (C=O) groups is 1. The molecule has 0 radical (unpaired) electrons. The second-order valence-corrected chi connectivity index (χ2v) is 7.22. The first-order chi connectivity index (χ1) is 4.31. The zero-order valence-corrected chi connectivity index (χ0v) is 8.56. The van der Waals surface area contributed by atoms with Gasteiger partial charge in [-0.15, -0.1) is 0 Å². The first kappa shape index (κ1) is 10.2. The van der Waals surface area contributed by atoms with Gasteiger partial charge in [0.15, 0.2) is 0 Å². The third-order valence-corrected chi connectivity index (χ3v) is 6.58. The van der Waals surface area contributed by atoms with Crippen LogP contribution in [0, 0.1) is 0 Å². The molecule has 0 aromatic heterocycles. The van der Waals surface area contributed by atoms with Gasteiger partial charge in [0.05, 0.1) is 7.11 Å². The van der Waals surface area contributed by atoms with Crippen LogP contribution in [-0.2, 0) is 4.74 Å². The van der Waals surface area contributed by atoms with Crippen LogP contribution in [-0.4, -0.2) is 12.4 Å². The summed E-state index contributed by atoms with van der Waals surface area (Å²) in [4.78, 5) is 10.4. The maximum Gasteiger partial charge on any atom is 0.378 e. The minimum absolute atomic E-state index is 0.283. The third kappa shape index (κ3) is 7.11. The zero-order chi connectivity index (χ0) is 7.11. The lowest BCUT2D eigenvalue weighted by molar-refractivity contribution is 0.200. The molecule has 0 bridgehead atoms. The Morgan fingerprint density at radius 1 is 1.56 bits per heavy atom. The molecule has 0 aromatic carbocycles. The largest absolute Gasteiger partial charge is 0.460 e. The minimum atomic E-state index is -0.283. The molecule has 54 valence electrons. The Kier molecular flexibility index (Phi) is 8.32. The number of rotatable bonds is 3. The van der Waals surface area contributed by atoms with Gasteiger partial charge in [-0.3, -0.25) is 0 Å². The molecular weight excluding hydrogens is 216 g/mol. The van der Waals surface area contributed by atoms with E-state index in [0.717, 1.165) is 10.8 Å². The molecule has 0 spiro atoms. The Balaban J connectivity index is 2.97. The topological polar surface area (TPSA) is 26.3 Å². The summed E-state index contributed by atoms with van der Waals surface area (Å²) in [7, 11) is 6.45. The van der Waals surface area contributed by atoms with Crippen LogP contribution in [0.25, 0.3) is 0 Å². The standard InChI is InChI=1S/C2H4O2S5/c1-4-2(3)6-8-9-7-5/h5H,1H3. The van der Waals surface area contributed by atoms with E-state index in [1.165, 1.54) is 36.6 Å². The first-order valence-electron chi connectivity index (χ1n) is 1.70. The lowest BCUT2D eigenvalue weighted by Crippen LogP contribution is -1.85. The summed E-state index contributed by atoms with van der Waals surface area (Å²) in [6, 6.07) is 0. The predicted octanol–water partition coefficient (Wildman–Crippen LogP) is 3.28. The van der Waals surface area contributed by atoms with E-state index in [1.54, 1.807) is 0 Å². The van der Waals surface area contributed by atoms with Crippen LogP contribution in [0.4, 0.5) is 4.79 Å². The second-order valence-electron chi connectivity index (χ2n) is 0.748. The van der Waals surface area contributed by atoms with E-state index in [1.807, 2.05) is 0 Å². The highest BCUT2D eigenvalue weighted by Crippen LogP contribution is 2.44. The van der Waals surface area contributed by atoms with Crippen LogP contribution in [0.3, 0.4) is 0 Å². The van der Waals surface area contributed by atoms with Gasteiger partial charge in [-0.25, -0.2) is 4.79 Å². The monoisotopic (exact) mass is 220 g/mol. The summed E-state index contributed by atoms with van der Waals surface area (Å²) in [5.41, 5.74) is 0. The van der Waals surface area contributed by atoms with Gasteiger partial charge in [0.1, 0.15) is 0 Å². The van der Waals surface area contributed by atoms with Gasteiger partial charge in [0, 0.05) is 10.8 Å². The van der Waals surface area contributed by atoms with Gasteiger partial charge >= 0.3 is 5.30 Å². The zero-order valence-electron chi connectivity index (χ0n) is 4.40. The molecule has 0 aliphatic heterocycles. The Morgan fingerprint density at radius 2 is 2.22 bits per heavy atom. The Morgan fingerprint density at radius 3 is 2.67 bits per heavy atom. The van der Waals surface area contributed by atoms with Crippen molar-refractivity contribution >= 4 is 57.2 Å². The molecule has 0 amide bonds. The number of methoxy groups -OCH3 is 1. The lowest BCUT2D eigenvalue weighted by Gasteiger charge is -1.92. The van der Waals surface area contributed by atoms with Crippen LogP contribution >= 0.6 is 51.9 Å². The molecular formula is C2H4O2S5. The molecule has 0 heterocycles. The number of thiol groups is 1. The molecule has 0 N–H and O–H groups in total. The molecule has 0 unspecified atom stereocenters. The molecule has 0 aromatic rings. The lowest BCUT2D eigenvalue weighted by atomic mass is 11.5. The average molecular weight is 220 g/mol. The fourth-order valence-corrected chi connectivity index (χ4v) is 5.20. The molecule has 0 atom stereocenters. The van der Waals surface area contributed by atoms with Gasteiger partial charge in [0.2, 0.25) is 0 Å². The normalized spacial score (nSPS) is 9.11. The average Bonchev–Trinajstić information content (AvgIpc) is 1.89. The van der Waals surface area contributed by atoms with E-state index in [2.05, 4.69) is 16.4 Å². The van der Waals surface area contributed by atoms with Gasteiger partial charge in [0.25, 0.3) is 0 Å². The van der Waals surface area contributed by atoms with Crippen molar-refractivity contribution in [3.8, 4) is 0 Å². The molecule has 0 saturated heterocycles. The van der Waals surface area contributed by atoms with Crippen molar-refractivity contribution in [2.24, 2.45) is 0 Å². The van der Waals surface area contributed by atoms with E-state index < -0.39 is 0 Å². The van der Waals surface area contributed by atoms with E-state index in [4.69, 9.17) is 0 Å². The number of hydrogen-bond acceptors (Lipinski definition) is 7. The minimum Gasteiger partial charge on any atom is -0.460 e. The fourth-order valence-electron chi connectivity index (χ4n) is 0.0881. The highest BCUT2D eigenvalue weighted by molar-refractivity contribution is 9.35. The highest BCUT2D eigenvalue weighted by Gasteiger charge is 2.00. The van der Waals surface area contributed by atoms with Crippen molar-refractivity contribution < 1.29 is 9.53 Å². The van der Waals surface area contributed by atoms with E-state index in [-0.39, 0.29) is 5.30 Å². The highest BCUT2D eigenvalue weighted by atomic mass is 33.8. The predicted molar refractivity (Wildman–Crippen MR) is 51.8 cm³/mol. The number of carbonyl (C=O) groups excluding carboxylic acids is 1. The Hall–Kier alpha value is 1.22. The summed E-state index contributed by atoms with van der Waals surface area (Å²) in [6.45, 7) is 0. The SMILES string of the molecule is COC(=O)SSSSS. The van der Waals surface area contributed by atoms with Crippen molar-refractivity contribution in [1.29, 1.82) is 0 Å². The Labute approximate surface area is 73.6 Å². The molecule has 0 rings (SSSR count). The molecule has 0 saturated carbocycles. The van der Waals surface area contributed by atoms with Crippen molar-refractivity contribution in [3.63, 3.8) is 0 Å². The van der Waals surface area contributed by atoms with Gasteiger partial charge in [-0.1, -0.05) is 11.7 Å². The quantitative estimate of drug-likeness (QED) is 0.339. The summed E-state index contributed by atoms with van der Waals surface area (Å²) >= 11 is 3.85. The number of ether oxygens (including phenoxy) is 1. The third-order valence-electron chi connectivity index (χ3n) is 0.327. The first-order valence-corrected chi connectivity index (χ1v) is 7.57. The molecule has 2 nitrogen and oxygen atoms in total. The Bertz CT molecular complexity index is 85.0. The maximum absolute atomic E-state index is 10.4. The molecule has 0 aliphatic rings. The summed E-state index contributed by atoms with van der Waals surface area (Å²) in [6.07, 6.45) is 0. The summed E-state index contributed by atoms with van der Waals surface area (Å²) in [5.74, 6) is 0. The van der Waals surface area contributed by atoms with Crippen LogP contribution in [0.2, 0.25) is 0 Å². The van der Waals surface area contributed by atoms with E-state index in [9.17, 15) is 4.79 Å². The molecule has 0 aliphatic carbocycles. The summed E-state index contributed by atoms with van der Waals surface area (Å²) < 4.78 is 4.35. The van der Waals surface area contributed by atoms with Crippen LogP contribution < -0.4 is 0 Å². The van der Waals surface area contributed by atoms with E-state index in [0.29, 0.717) is 0 Å².